The maximum absolute atomic E-state index is 10.8. The summed E-state index contributed by atoms with van der Waals surface area (Å²) < 4.78 is 5.89. The van der Waals surface area contributed by atoms with Crippen LogP contribution in [0.2, 0.25) is 0 Å². The lowest BCUT2D eigenvalue weighted by atomic mass is 9.98. The number of nitro groups is 1. The number of nitrogens with one attached hydrogen (secondary N) is 1. The molecule has 1 aliphatic rings. The van der Waals surface area contributed by atoms with Crippen molar-refractivity contribution in [2.45, 2.75) is 32.4 Å². The van der Waals surface area contributed by atoms with Gasteiger partial charge in [-0.25, -0.2) is 0 Å². The Hall–Kier alpha value is -2.56. The molecule has 5 heteroatoms. The molecule has 1 aliphatic heterocycles. The molecule has 0 amide bonds. The Labute approximate surface area is 129 Å². The van der Waals surface area contributed by atoms with E-state index in [-0.39, 0.29) is 5.69 Å². The molecular weight excluding hydrogens is 280 g/mol. The van der Waals surface area contributed by atoms with Crippen LogP contribution in [0.1, 0.15) is 24.5 Å². The minimum absolute atomic E-state index is 0.0861. The zero-order valence-electron chi connectivity index (χ0n) is 12.4. The van der Waals surface area contributed by atoms with Crippen LogP contribution in [-0.4, -0.2) is 11.0 Å². The van der Waals surface area contributed by atoms with Gasteiger partial charge in [0.05, 0.1) is 10.6 Å². The molecule has 3 rings (SSSR count). The second-order valence-corrected chi connectivity index (χ2v) is 5.59. The minimum atomic E-state index is -0.392. The molecule has 0 radical (unpaired) electrons. The third-order valence-electron chi connectivity index (χ3n) is 3.87. The fraction of sp³-hybridized carbons (Fsp3) is 0.294. The van der Waals surface area contributed by atoms with Crippen LogP contribution in [-0.2, 0) is 13.0 Å². The monoisotopic (exact) mass is 298 g/mol. The lowest BCUT2D eigenvalue weighted by Crippen LogP contribution is -2.22. The van der Waals surface area contributed by atoms with Gasteiger partial charge in [-0.2, -0.15) is 0 Å². The predicted octanol–water partition coefficient (Wildman–Crippen LogP) is 3.92. The summed E-state index contributed by atoms with van der Waals surface area (Å²) in [5, 5.41) is 14.3. The van der Waals surface area contributed by atoms with E-state index in [0.717, 1.165) is 29.8 Å². The van der Waals surface area contributed by atoms with Crippen molar-refractivity contribution in [3.05, 3.63) is 63.7 Å². The van der Waals surface area contributed by atoms with E-state index in [4.69, 9.17) is 4.74 Å². The lowest BCUT2D eigenvalue weighted by Gasteiger charge is -2.26. The highest BCUT2D eigenvalue weighted by Gasteiger charge is 2.17. The third-order valence-corrected chi connectivity index (χ3v) is 3.87. The van der Waals surface area contributed by atoms with Crippen LogP contribution in [0, 0.1) is 10.1 Å². The SMILES string of the molecule is CC1CCc2cccc(OCc3cccc([N+](=O)[O-])c3)c2N1. The largest absolute Gasteiger partial charge is 0.487 e. The first-order chi connectivity index (χ1) is 10.6. The number of anilines is 1. The number of fused-ring (bicyclic) bond motifs is 1. The van der Waals surface area contributed by atoms with E-state index in [1.165, 1.54) is 11.6 Å². The van der Waals surface area contributed by atoms with Crippen LogP contribution in [0.4, 0.5) is 11.4 Å². The average molecular weight is 298 g/mol. The molecule has 5 nitrogen and oxygen atoms in total. The third kappa shape index (κ3) is 3.03. The number of nitro benzene ring substituents is 1. The number of rotatable bonds is 4. The average Bonchev–Trinajstić information content (AvgIpc) is 2.53. The number of aryl methyl sites for hydroxylation is 1. The Morgan fingerprint density at radius 3 is 2.95 bits per heavy atom. The number of benzene rings is 2. The molecule has 1 unspecified atom stereocenters. The first-order valence-electron chi connectivity index (χ1n) is 7.38. The van der Waals surface area contributed by atoms with E-state index >= 15 is 0 Å². The van der Waals surface area contributed by atoms with E-state index in [1.54, 1.807) is 12.1 Å². The highest BCUT2D eigenvalue weighted by molar-refractivity contribution is 5.64. The lowest BCUT2D eigenvalue weighted by molar-refractivity contribution is -0.384. The Balaban J connectivity index is 1.77. The topological polar surface area (TPSA) is 64.4 Å². The zero-order chi connectivity index (χ0) is 15.5. The molecule has 1 N–H and O–H groups in total. The number of para-hydroxylation sites is 1. The first kappa shape index (κ1) is 14.4. The summed E-state index contributed by atoms with van der Waals surface area (Å²) in [6.45, 7) is 2.47. The molecule has 114 valence electrons. The maximum atomic E-state index is 10.8. The summed E-state index contributed by atoms with van der Waals surface area (Å²) in [6, 6.07) is 13.0. The quantitative estimate of drug-likeness (QED) is 0.686. The molecule has 22 heavy (non-hydrogen) atoms. The van der Waals surface area contributed by atoms with Crippen molar-refractivity contribution in [3.63, 3.8) is 0 Å². The van der Waals surface area contributed by atoms with Crippen LogP contribution < -0.4 is 10.1 Å². The van der Waals surface area contributed by atoms with E-state index in [0.29, 0.717) is 12.6 Å². The highest BCUT2D eigenvalue weighted by Crippen LogP contribution is 2.34. The Morgan fingerprint density at radius 1 is 1.32 bits per heavy atom. The molecule has 0 aliphatic carbocycles. The van der Waals surface area contributed by atoms with Crippen LogP contribution >= 0.6 is 0 Å². The van der Waals surface area contributed by atoms with Gasteiger partial charge in [0.2, 0.25) is 0 Å². The highest BCUT2D eigenvalue weighted by atomic mass is 16.6. The van der Waals surface area contributed by atoms with Crippen molar-refractivity contribution >= 4 is 11.4 Å². The van der Waals surface area contributed by atoms with Crippen molar-refractivity contribution in [1.82, 2.24) is 0 Å². The maximum Gasteiger partial charge on any atom is 0.269 e. The van der Waals surface area contributed by atoms with Crippen molar-refractivity contribution in [1.29, 1.82) is 0 Å². The number of nitrogens with zero attached hydrogens (tertiary/aromatic N) is 1. The molecular formula is C17H18N2O3. The summed E-state index contributed by atoms with van der Waals surface area (Å²) in [4.78, 5) is 10.4. The van der Waals surface area contributed by atoms with Gasteiger partial charge < -0.3 is 10.1 Å². The first-order valence-corrected chi connectivity index (χ1v) is 7.38. The van der Waals surface area contributed by atoms with Crippen LogP contribution in [0.3, 0.4) is 0 Å². The Bertz CT molecular complexity index is 700. The van der Waals surface area contributed by atoms with Gasteiger partial charge in [0, 0.05) is 18.2 Å². The van der Waals surface area contributed by atoms with E-state index in [1.807, 2.05) is 18.2 Å². The smallest absolute Gasteiger partial charge is 0.269 e. The fourth-order valence-corrected chi connectivity index (χ4v) is 2.68. The van der Waals surface area contributed by atoms with Crippen molar-refractivity contribution in [2.24, 2.45) is 0 Å². The molecule has 0 bridgehead atoms. The summed E-state index contributed by atoms with van der Waals surface area (Å²) in [5.41, 5.74) is 3.18. The van der Waals surface area contributed by atoms with E-state index < -0.39 is 4.92 Å². The van der Waals surface area contributed by atoms with Gasteiger partial charge in [0.15, 0.2) is 0 Å². The zero-order valence-corrected chi connectivity index (χ0v) is 12.4. The summed E-state index contributed by atoms with van der Waals surface area (Å²) in [7, 11) is 0. The molecule has 0 saturated heterocycles. The van der Waals surface area contributed by atoms with Gasteiger partial charge in [-0.15, -0.1) is 0 Å². The molecule has 0 saturated carbocycles. The Morgan fingerprint density at radius 2 is 2.14 bits per heavy atom. The minimum Gasteiger partial charge on any atom is -0.487 e. The molecule has 1 atom stereocenters. The van der Waals surface area contributed by atoms with Gasteiger partial charge in [-0.05, 0) is 37.0 Å². The summed E-state index contributed by atoms with van der Waals surface area (Å²) in [6.07, 6.45) is 2.15. The van der Waals surface area contributed by atoms with Gasteiger partial charge in [0.25, 0.3) is 5.69 Å². The standard InChI is InChI=1S/C17H18N2O3/c1-12-8-9-14-5-3-7-16(17(14)18-12)22-11-13-4-2-6-15(10-13)19(20)21/h2-7,10,12,18H,8-9,11H2,1H3. The number of hydrogen-bond donors (Lipinski definition) is 1. The van der Waals surface area contributed by atoms with Crippen molar-refractivity contribution in [3.8, 4) is 5.75 Å². The Kier molecular flexibility index (Phi) is 3.96. The van der Waals surface area contributed by atoms with Crippen LogP contribution in [0.5, 0.6) is 5.75 Å². The fourth-order valence-electron chi connectivity index (χ4n) is 2.68. The number of non-ortho nitro benzene ring substituents is 1. The molecule has 2 aromatic carbocycles. The molecule has 0 aromatic heterocycles. The normalized spacial score (nSPS) is 16.5. The number of ether oxygens (including phenoxy) is 1. The van der Waals surface area contributed by atoms with Crippen LogP contribution in [0.25, 0.3) is 0 Å². The summed E-state index contributed by atoms with van der Waals surface area (Å²) in [5.74, 6) is 0.801. The predicted molar refractivity (Wildman–Crippen MR) is 85.3 cm³/mol. The molecule has 0 fully saturated rings. The van der Waals surface area contributed by atoms with E-state index in [2.05, 4.69) is 18.3 Å². The second kappa shape index (κ2) is 6.05. The van der Waals surface area contributed by atoms with Crippen molar-refractivity contribution < 1.29 is 9.66 Å². The van der Waals surface area contributed by atoms with Gasteiger partial charge in [-0.3, -0.25) is 10.1 Å². The number of hydrogen-bond acceptors (Lipinski definition) is 4. The van der Waals surface area contributed by atoms with Gasteiger partial charge >= 0.3 is 0 Å². The summed E-state index contributed by atoms with van der Waals surface area (Å²) >= 11 is 0. The van der Waals surface area contributed by atoms with Crippen molar-refractivity contribution in [2.75, 3.05) is 5.32 Å². The molecule has 2 aromatic rings. The van der Waals surface area contributed by atoms with Crippen LogP contribution in [0.15, 0.2) is 42.5 Å². The molecule has 0 spiro atoms. The van der Waals surface area contributed by atoms with Gasteiger partial charge in [0.1, 0.15) is 12.4 Å². The second-order valence-electron chi connectivity index (χ2n) is 5.59. The molecule has 1 heterocycles. The van der Waals surface area contributed by atoms with E-state index in [9.17, 15) is 10.1 Å². The van der Waals surface area contributed by atoms with Gasteiger partial charge in [-0.1, -0.05) is 24.3 Å².